The molecule has 3 amide bonds. The van der Waals surface area contributed by atoms with Crippen LogP contribution in [0.25, 0.3) is 0 Å². The van der Waals surface area contributed by atoms with Gasteiger partial charge in [0.25, 0.3) is 5.91 Å². The zero-order valence-electron chi connectivity index (χ0n) is 30.2. The van der Waals surface area contributed by atoms with Gasteiger partial charge in [0.15, 0.2) is 6.61 Å². The fourth-order valence-corrected chi connectivity index (χ4v) is 8.25. The standard InChI is InChI=1S/C37H46N3O10PS2/c1-5-7-18-37(19-8-6-2)35(44)40(26-12-10-9-11-13-26)28-22-31(52-4)29(23-30(28)53-36(37)45)49-24-32(42)39-33(25-14-16-27(41)17-15-25)34(43)38-20-21-51(46,47)50-48-3/h9-17,22-23,33,41H,5-8,18-21,24H2,1-4H3,(H,38,43)(H,39,42)(H,46,47)/t33-/m1/s1. The first-order chi connectivity index (χ1) is 25.4. The van der Waals surface area contributed by atoms with E-state index in [-0.39, 0.29) is 23.3 Å². The number of phenols is 1. The van der Waals surface area contributed by atoms with Gasteiger partial charge < -0.3 is 25.4 Å². The van der Waals surface area contributed by atoms with E-state index in [1.165, 1.54) is 36.0 Å². The van der Waals surface area contributed by atoms with Crippen LogP contribution in [0, 0.1) is 5.41 Å². The van der Waals surface area contributed by atoms with Crippen molar-refractivity contribution in [3.05, 3.63) is 72.3 Å². The molecule has 3 aromatic rings. The summed E-state index contributed by atoms with van der Waals surface area (Å²) < 4.78 is 22.4. The van der Waals surface area contributed by atoms with E-state index in [0.29, 0.717) is 58.2 Å². The number of fused-ring (bicyclic) bond motifs is 1. The predicted molar refractivity (Wildman–Crippen MR) is 204 cm³/mol. The van der Waals surface area contributed by atoms with Crippen LogP contribution in [0.15, 0.2) is 76.5 Å². The minimum Gasteiger partial charge on any atom is -0.508 e. The topological polar surface area (TPSA) is 181 Å². The molecule has 0 fully saturated rings. The number of anilines is 2. The van der Waals surface area contributed by atoms with Gasteiger partial charge in [0.05, 0.1) is 23.9 Å². The number of hydrogen-bond donors (Lipinski definition) is 4. The number of carbonyl (C=O) groups is 4. The van der Waals surface area contributed by atoms with Crippen LogP contribution in [0.2, 0.25) is 0 Å². The maximum absolute atomic E-state index is 14.7. The first-order valence-corrected chi connectivity index (χ1v) is 21.1. The van der Waals surface area contributed by atoms with E-state index in [9.17, 15) is 33.7 Å². The fourth-order valence-electron chi connectivity index (χ4n) is 5.89. The summed E-state index contributed by atoms with van der Waals surface area (Å²) in [5, 5.41) is 14.7. The van der Waals surface area contributed by atoms with E-state index in [1.54, 1.807) is 17.0 Å². The zero-order valence-corrected chi connectivity index (χ0v) is 32.7. The van der Waals surface area contributed by atoms with E-state index in [4.69, 9.17) is 4.74 Å². The molecule has 1 aliphatic rings. The number of benzene rings is 3. The molecule has 0 saturated heterocycles. The first kappa shape index (κ1) is 41.9. The van der Waals surface area contributed by atoms with Crippen molar-refractivity contribution in [2.75, 3.05) is 37.6 Å². The molecule has 16 heteroatoms. The molecule has 3 aromatic carbocycles. The smallest absolute Gasteiger partial charge is 0.357 e. The van der Waals surface area contributed by atoms with Gasteiger partial charge in [-0.25, -0.2) is 4.89 Å². The van der Waals surface area contributed by atoms with Gasteiger partial charge >= 0.3 is 7.60 Å². The number of ether oxygens (including phenoxy) is 1. The Morgan fingerprint density at radius 2 is 1.68 bits per heavy atom. The predicted octanol–water partition coefficient (Wildman–Crippen LogP) is 6.89. The Labute approximate surface area is 318 Å². The minimum absolute atomic E-state index is 0.0508. The largest absolute Gasteiger partial charge is 0.508 e. The van der Waals surface area contributed by atoms with Crippen molar-refractivity contribution in [1.29, 1.82) is 0 Å². The molecular weight excluding hydrogens is 742 g/mol. The molecule has 0 radical (unpaired) electrons. The molecule has 4 N–H and O–H groups in total. The number of thioether (sulfide) groups is 2. The van der Waals surface area contributed by atoms with E-state index in [2.05, 4.69) is 20.2 Å². The highest BCUT2D eigenvalue weighted by Gasteiger charge is 2.50. The van der Waals surface area contributed by atoms with Crippen molar-refractivity contribution in [2.45, 2.75) is 68.2 Å². The average Bonchev–Trinajstić information content (AvgIpc) is 3.22. The van der Waals surface area contributed by atoms with Crippen LogP contribution in [0.4, 0.5) is 11.4 Å². The van der Waals surface area contributed by atoms with Gasteiger partial charge in [0, 0.05) is 17.1 Å². The molecule has 0 bridgehead atoms. The third-order valence-corrected chi connectivity index (χ3v) is 11.7. The highest BCUT2D eigenvalue weighted by Crippen LogP contribution is 2.51. The lowest BCUT2D eigenvalue weighted by molar-refractivity contribution is -0.184. The molecule has 53 heavy (non-hydrogen) atoms. The van der Waals surface area contributed by atoms with Gasteiger partial charge in [0.2, 0.25) is 16.9 Å². The van der Waals surface area contributed by atoms with E-state index >= 15 is 0 Å². The Morgan fingerprint density at radius 3 is 2.28 bits per heavy atom. The molecule has 286 valence electrons. The van der Waals surface area contributed by atoms with Crippen LogP contribution >= 0.6 is 31.1 Å². The minimum atomic E-state index is -4.12. The summed E-state index contributed by atoms with van der Waals surface area (Å²) in [7, 11) is -3.04. The van der Waals surface area contributed by atoms with Crippen LogP contribution < -0.4 is 20.3 Å². The van der Waals surface area contributed by atoms with Crippen molar-refractivity contribution in [3.63, 3.8) is 0 Å². The van der Waals surface area contributed by atoms with E-state index in [1.807, 2.05) is 50.4 Å². The van der Waals surface area contributed by atoms with Crippen LogP contribution in [0.3, 0.4) is 0 Å². The number of aromatic hydroxyl groups is 1. The summed E-state index contributed by atoms with van der Waals surface area (Å²) >= 11 is 2.36. The number of carbonyl (C=O) groups excluding carboxylic acids is 4. The van der Waals surface area contributed by atoms with E-state index in [0.717, 1.165) is 31.7 Å². The number of nitrogens with zero attached hydrogens (tertiary/aromatic N) is 1. The SMILES string of the molecule is CCCCC1(CCCC)C(=O)Sc2cc(OCC(=O)N[C@@H](C(=O)NCCP(=O)(O)OOC)c3ccc(O)cc3)c(SC)cc2N(c2ccccc2)C1=O. The molecular formula is C37H46N3O10PS2. The summed E-state index contributed by atoms with van der Waals surface area (Å²) in [4.78, 5) is 72.3. The Balaban J connectivity index is 1.62. The van der Waals surface area contributed by atoms with Crippen molar-refractivity contribution >= 4 is 65.3 Å². The molecule has 1 unspecified atom stereocenters. The summed E-state index contributed by atoms with van der Waals surface area (Å²) in [5.41, 5.74) is 0.292. The number of phenolic OH excluding ortho intramolecular Hbond substituents is 1. The molecule has 2 atom stereocenters. The van der Waals surface area contributed by atoms with Gasteiger partial charge in [-0.05, 0) is 72.8 Å². The number of amides is 3. The number of hydrogen-bond acceptors (Lipinski definition) is 11. The molecule has 0 saturated carbocycles. The third kappa shape index (κ3) is 10.6. The molecule has 13 nitrogen and oxygen atoms in total. The lowest BCUT2D eigenvalue weighted by atomic mass is 9.77. The summed E-state index contributed by atoms with van der Waals surface area (Å²) in [6.45, 7) is 3.29. The second kappa shape index (κ2) is 19.5. The molecule has 0 aromatic heterocycles. The number of nitrogens with one attached hydrogen (secondary N) is 2. The Hall–Kier alpha value is -3.85. The Bertz CT molecular complexity index is 1790. The number of rotatable bonds is 19. The Kier molecular flexibility index (Phi) is 15.4. The van der Waals surface area contributed by atoms with Crippen LogP contribution in [0.1, 0.15) is 64.0 Å². The molecule has 0 spiro atoms. The highest BCUT2D eigenvalue weighted by molar-refractivity contribution is 8.14. The zero-order chi connectivity index (χ0) is 38.6. The normalized spacial score (nSPS) is 15.5. The maximum atomic E-state index is 14.7. The summed E-state index contributed by atoms with van der Waals surface area (Å²) in [6, 6.07) is 17.1. The van der Waals surface area contributed by atoms with Crippen molar-refractivity contribution < 1.29 is 48.0 Å². The number of para-hydroxylation sites is 1. The van der Waals surface area contributed by atoms with Crippen LogP contribution in [0.5, 0.6) is 11.5 Å². The lowest BCUT2D eigenvalue weighted by Crippen LogP contribution is -2.45. The number of unbranched alkanes of at least 4 members (excludes halogenated alkanes) is 2. The second-order valence-corrected chi connectivity index (χ2v) is 16.1. The van der Waals surface area contributed by atoms with Gasteiger partial charge in [-0.15, -0.1) is 16.4 Å². The van der Waals surface area contributed by atoms with Crippen molar-refractivity contribution in [2.24, 2.45) is 5.41 Å². The van der Waals surface area contributed by atoms with Crippen molar-refractivity contribution in [1.82, 2.24) is 10.6 Å². The molecule has 1 aliphatic heterocycles. The van der Waals surface area contributed by atoms with Crippen LogP contribution in [-0.2, 0) is 33.3 Å². The van der Waals surface area contributed by atoms with Gasteiger partial charge in [-0.3, -0.25) is 28.6 Å². The maximum Gasteiger partial charge on any atom is 0.357 e. The van der Waals surface area contributed by atoms with Gasteiger partial charge in [-0.2, -0.15) is 0 Å². The van der Waals surface area contributed by atoms with Gasteiger partial charge in [0.1, 0.15) is 23.0 Å². The first-order valence-electron chi connectivity index (χ1n) is 17.3. The third-order valence-electron chi connectivity index (χ3n) is 8.66. The second-order valence-electron chi connectivity index (χ2n) is 12.4. The Morgan fingerprint density at radius 1 is 1.02 bits per heavy atom. The van der Waals surface area contributed by atoms with E-state index < -0.39 is 43.6 Å². The molecule has 4 rings (SSSR count). The summed E-state index contributed by atoms with van der Waals surface area (Å²) in [6.07, 6.45) is 5.34. The lowest BCUT2D eigenvalue weighted by Gasteiger charge is -2.34. The molecule has 0 aliphatic carbocycles. The van der Waals surface area contributed by atoms with Crippen LogP contribution in [-0.4, -0.2) is 65.5 Å². The summed E-state index contributed by atoms with van der Waals surface area (Å²) in [5.74, 6) is -1.35. The highest BCUT2D eigenvalue weighted by atomic mass is 32.2. The fraction of sp³-hybridized carbons (Fsp3) is 0.405. The average molecular weight is 788 g/mol. The monoisotopic (exact) mass is 787 g/mol. The van der Waals surface area contributed by atoms with Gasteiger partial charge in [-0.1, -0.05) is 69.9 Å². The van der Waals surface area contributed by atoms with Crippen molar-refractivity contribution in [3.8, 4) is 11.5 Å². The molecule has 1 heterocycles. The quantitative estimate of drug-likeness (QED) is 0.0325.